The molecule has 2 nitrogen and oxygen atoms in total. The number of halogens is 1. The Balaban J connectivity index is 2.65. The monoisotopic (exact) mass is 208 g/mol. The number of nitrogens with one attached hydrogen (secondary N) is 2. The third-order valence-corrected chi connectivity index (χ3v) is 2.10. The van der Waals surface area contributed by atoms with Crippen LogP contribution in [0.15, 0.2) is 30.8 Å². The van der Waals surface area contributed by atoms with Crippen molar-refractivity contribution in [2.24, 2.45) is 0 Å². The lowest BCUT2D eigenvalue weighted by Crippen LogP contribution is -2.19. The van der Waals surface area contributed by atoms with Crippen LogP contribution in [0.1, 0.15) is 12.5 Å². The van der Waals surface area contributed by atoms with Crippen LogP contribution in [0.5, 0.6) is 0 Å². The van der Waals surface area contributed by atoms with Gasteiger partial charge in [0.15, 0.2) is 0 Å². The molecule has 1 unspecified atom stereocenters. The molecule has 0 bridgehead atoms. The van der Waals surface area contributed by atoms with E-state index in [1.165, 1.54) is 6.92 Å². The van der Waals surface area contributed by atoms with Crippen LogP contribution < -0.4 is 10.6 Å². The average molecular weight is 208 g/mol. The largest absolute Gasteiger partial charge is 0.388 e. The van der Waals surface area contributed by atoms with Crippen molar-refractivity contribution in [3.8, 4) is 0 Å². The summed E-state index contributed by atoms with van der Waals surface area (Å²) in [5.74, 6) is 0. The highest BCUT2D eigenvalue weighted by atomic mass is 19.1. The number of rotatable bonds is 5. The van der Waals surface area contributed by atoms with Gasteiger partial charge in [-0.15, -0.1) is 0 Å². The fraction of sp³-hybridized carbons (Fsp3) is 0.333. The first-order valence-electron chi connectivity index (χ1n) is 4.98. The maximum atomic E-state index is 12.6. The third-order valence-electron chi connectivity index (χ3n) is 2.10. The molecule has 82 valence electrons. The SMILES string of the molecule is C=C(NCC(C)F)c1cccc(NC)c1. The van der Waals surface area contributed by atoms with Crippen molar-refractivity contribution in [2.75, 3.05) is 18.9 Å². The highest BCUT2D eigenvalue weighted by molar-refractivity contribution is 5.65. The number of benzene rings is 1. The lowest BCUT2D eigenvalue weighted by Gasteiger charge is -2.11. The molecular formula is C12H17FN2. The molecule has 0 spiro atoms. The fourth-order valence-corrected chi connectivity index (χ4v) is 1.23. The molecule has 0 aliphatic rings. The highest BCUT2D eigenvalue weighted by Crippen LogP contribution is 2.15. The summed E-state index contributed by atoms with van der Waals surface area (Å²) in [5.41, 5.74) is 2.74. The Labute approximate surface area is 90.2 Å². The van der Waals surface area contributed by atoms with E-state index in [1.807, 2.05) is 31.3 Å². The molecule has 0 saturated carbocycles. The molecule has 1 aromatic rings. The summed E-state index contributed by atoms with van der Waals surface area (Å²) in [6.45, 7) is 5.68. The summed E-state index contributed by atoms with van der Waals surface area (Å²) in [5, 5.41) is 6.00. The van der Waals surface area contributed by atoms with E-state index in [0.717, 1.165) is 16.9 Å². The van der Waals surface area contributed by atoms with Gasteiger partial charge in [0.2, 0.25) is 0 Å². The van der Waals surface area contributed by atoms with E-state index >= 15 is 0 Å². The van der Waals surface area contributed by atoms with Gasteiger partial charge in [-0.05, 0) is 24.6 Å². The van der Waals surface area contributed by atoms with E-state index < -0.39 is 6.17 Å². The van der Waals surface area contributed by atoms with Gasteiger partial charge in [-0.2, -0.15) is 0 Å². The molecule has 2 N–H and O–H groups in total. The summed E-state index contributed by atoms with van der Waals surface area (Å²) >= 11 is 0. The first-order chi connectivity index (χ1) is 7.13. The second-order valence-electron chi connectivity index (χ2n) is 3.47. The Morgan fingerprint density at radius 2 is 2.27 bits per heavy atom. The molecule has 1 rings (SSSR count). The van der Waals surface area contributed by atoms with Crippen LogP contribution in [0.25, 0.3) is 5.70 Å². The normalized spacial score (nSPS) is 11.9. The van der Waals surface area contributed by atoms with Gasteiger partial charge < -0.3 is 10.6 Å². The Morgan fingerprint density at radius 1 is 1.53 bits per heavy atom. The maximum Gasteiger partial charge on any atom is 0.114 e. The van der Waals surface area contributed by atoms with Gasteiger partial charge in [0.25, 0.3) is 0 Å². The van der Waals surface area contributed by atoms with Gasteiger partial charge in [0.1, 0.15) is 6.17 Å². The van der Waals surface area contributed by atoms with Crippen molar-refractivity contribution in [1.82, 2.24) is 5.32 Å². The molecule has 1 atom stereocenters. The summed E-state index contributed by atoms with van der Waals surface area (Å²) < 4.78 is 12.6. The van der Waals surface area contributed by atoms with E-state index in [-0.39, 0.29) is 0 Å². The second kappa shape index (κ2) is 5.39. The molecule has 0 aliphatic carbocycles. The van der Waals surface area contributed by atoms with Gasteiger partial charge >= 0.3 is 0 Å². The van der Waals surface area contributed by atoms with Crippen molar-refractivity contribution in [3.63, 3.8) is 0 Å². The maximum absolute atomic E-state index is 12.6. The number of hydrogen-bond donors (Lipinski definition) is 2. The molecule has 1 aromatic carbocycles. The van der Waals surface area contributed by atoms with Crippen molar-refractivity contribution >= 4 is 11.4 Å². The topological polar surface area (TPSA) is 24.1 Å². The smallest absolute Gasteiger partial charge is 0.114 e. The number of alkyl halides is 1. The molecule has 0 aliphatic heterocycles. The van der Waals surface area contributed by atoms with Gasteiger partial charge in [-0.3, -0.25) is 0 Å². The standard InChI is InChI=1S/C12H17FN2/c1-9(13)8-15-10(2)11-5-4-6-12(7-11)14-3/h4-7,9,14-15H,2,8H2,1,3H3. The minimum atomic E-state index is -0.866. The summed E-state index contributed by atoms with van der Waals surface area (Å²) in [7, 11) is 1.86. The van der Waals surface area contributed by atoms with E-state index in [0.29, 0.717) is 6.54 Å². The Hall–Kier alpha value is -1.51. The van der Waals surface area contributed by atoms with Crippen LogP contribution in [0.3, 0.4) is 0 Å². The van der Waals surface area contributed by atoms with E-state index in [4.69, 9.17) is 0 Å². The zero-order valence-corrected chi connectivity index (χ0v) is 9.18. The average Bonchev–Trinajstić information content (AvgIpc) is 2.26. The van der Waals surface area contributed by atoms with Crippen LogP contribution in [0, 0.1) is 0 Å². The van der Waals surface area contributed by atoms with Gasteiger partial charge in [0.05, 0.1) is 0 Å². The minimum absolute atomic E-state index is 0.294. The predicted molar refractivity (Wildman–Crippen MR) is 63.6 cm³/mol. The Kier molecular flexibility index (Phi) is 4.16. The summed E-state index contributed by atoms with van der Waals surface area (Å²) in [4.78, 5) is 0. The van der Waals surface area contributed by atoms with Crippen LogP contribution in [0.4, 0.5) is 10.1 Å². The molecular weight excluding hydrogens is 191 g/mol. The molecule has 3 heteroatoms. The van der Waals surface area contributed by atoms with Crippen molar-refractivity contribution in [2.45, 2.75) is 13.1 Å². The fourth-order valence-electron chi connectivity index (χ4n) is 1.23. The molecule has 15 heavy (non-hydrogen) atoms. The van der Waals surface area contributed by atoms with Crippen LogP contribution in [0.2, 0.25) is 0 Å². The lowest BCUT2D eigenvalue weighted by molar-refractivity contribution is 0.358. The van der Waals surface area contributed by atoms with Gasteiger partial charge in [0, 0.05) is 25.0 Å². The highest BCUT2D eigenvalue weighted by Gasteiger charge is 2.01. The quantitative estimate of drug-likeness (QED) is 0.777. The molecule has 0 fully saturated rings. The van der Waals surface area contributed by atoms with Crippen molar-refractivity contribution < 1.29 is 4.39 Å². The van der Waals surface area contributed by atoms with E-state index in [9.17, 15) is 4.39 Å². The first kappa shape index (κ1) is 11.6. The van der Waals surface area contributed by atoms with Gasteiger partial charge in [-0.1, -0.05) is 18.7 Å². The number of hydrogen-bond acceptors (Lipinski definition) is 2. The lowest BCUT2D eigenvalue weighted by atomic mass is 10.1. The van der Waals surface area contributed by atoms with Gasteiger partial charge in [-0.25, -0.2) is 4.39 Å². The van der Waals surface area contributed by atoms with Crippen molar-refractivity contribution in [1.29, 1.82) is 0 Å². The zero-order valence-electron chi connectivity index (χ0n) is 9.18. The van der Waals surface area contributed by atoms with E-state index in [2.05, 4.69) is 17.2 Å². The van der Waals surface area contributed by atoms with Crippen molar-refractivity contribution in [3.05, 3.63) is 36.4 Å². The molecule has 0 saturated heterocycles. The Morgan fingerprint density at radius 3 is 2.87 bits per heavy atom. The predicted octanol–water partition coefficient (Wildman–Crippen LogP) is 2.65. The van der Waals surface area contributed by atoms with Crippen LogP contribution >= 0.6 is 0 Å². The molecule has 0 amide bonds. The molecule has 0 aromatic heterocycles. The minimum Gasteiger partial charge on any atom is -0.388 e. The summed E-state index contributed by atoms with van der Waals surface area (Å²) in [6.07, 6.45) is -0.866. The first-order valence-corrected chi connectivity index (χ1v) is 4.98. The van der Waals surface area contributed by atoms with Crippen LogP contribution in [-0.4, -0.2) is 19.8 Å². The molecule has 0 heterocycles. The summed E-state index contributed by atoms with van der Waals surface area (Å²) in [6, 6.07) is 7.82. The van der Waals surface area contributed by atoms with Crippen LogP contribution in [-0.2, 0) is 0 Å². The van der Waals surface area contributed by atoms with E-state index in [1.54, 1.807) is 0 Å². The number of anilines is 1. The second-order valence-corrected chi connectivity index (χ2v) is 3.47. The Bertz CT molecular complexity index is 334. The zero-order chi connectivity index (χ0) is 11.3. The third kappa shape index (κ3) is 3.62. The molecule has 0 radical (unpaired) electrons.